The number of halogens is 1. The van der Waals surface area contributed by atoms with Crippen molar-refractivity contribution >= 4 is 35.9 Å². The van der Waals surface area contributed by atoms with Gasteiger partial charge in [-0.3, -0.25) is 4.99 Å². The van der Waals surface area contributed by atoms with Gasteiger partial charge in [-0.2, -0.15) is 0 Å². The average molecular weight is 497 g/mol. The molecule has 152 valence electrons. The van der Waals surface area contributed by atoms with Crippen molar-refractivity contribution in [3.8, 4) is 0 Å². The molecule has 0 radical (unpaired) electrons. The summed E-state index contributed by atoms with van der Waals surface area (Å²) in [6.45, 7) is 5.21. The van der Waals surface area contributed by atoms with Crippen LogP contribution in [0.2, 0.25) is 0 Å². The van der Waals surface area contributed by atoms with E-state index in [1.165, 1.54) is 19.3 Å². The molecule has 0 aliphatic carbocycles. The molecule has 0 aromatic carbocycles. The molecule has 1 saturated heterocycles. The molecule has 0 unspecified atom stereocenters. The molecule has 1 fully saturated rings. The Morgan fingerprint density at radius 1 is 1.04 bits per heavy atom. The lowest BCUT2D eigenvalue weighted by Gasteiger charge is -2.36. The molecule has 10 heteroatoms. The van der Waals surface area contributed by atoms with Gasteiger partial charge in [0, 0.05) is 58.6 Å². The SMILES string of the molecule is CN=C(NCc1nnc2n1CCCCC2)N1CCN(c2ncccn2)CC1.I. The van der Waals surface area contributed by atoms with E-state index in [1.54, 1.807) is 12.4 Å². The lowest BCUT2D eigenvalue weighted by Crippen LogP contribution is -2.52. The number of hydrogen-bond donors (Lipinski definition) is 1. The summed E-state index contributed by atoms with van der Waals surface area (Å²) >= 11 is 0. The second kappa shape index (κ2) is 9.99. The number of fused-ring (bicyclic) bond motifs is 1. The monoisotopic (exact) mass is 497 g/mol. The van der Waals surface area contributed by atoms with E-state index in [-0.39, 0.29) is 24.0 Å². The predicted octanol–water partition coefficient (Wildman–Crippen LogP) is 1.31. The van der Waals surface area contributed by atoms with Crippen LogP contribution in [0, 0.1) is 0 Å². The van der Waals surface area contributed by atoms with Gasteiger partial charge in [0.2, 0.25) is 5.95 Å². The highest BCUT2D eigenvalue weighted by atomic mass is 127. The third-order valence-corrected chi connectivity index (χ3v) is 5.22. The molecule has 1 N–H and O–H groups in total. The zero-order valence-electron chi connectivity index (χ0n) is 16.3. The highest BCUT2D eigenvalue weighted by Crippen LogP contribution is 2.14. The second-order valence-electron chi connectivity index (χ2n) is 6.92. The van der Waals surface area contributed by atoms with Gasteiger partial charge < -0.3 is 19.7 Å². The largest absolute Gasteiger partial charge is 0.349 e. The molecule has 4 rings (SSSR count). The summed E-state index contributed by atoms with van der Waals surface area (Å²) in [4.78, 5) is 17.6. The molecule has 2 aromatic heterocycles. The third-order valence-electron chi connectivity index (χ3n) is 5.22. The first kappa shape index (κ1) is 20.7. The molecule has 28 heavy (non-hydrogen) atoms. The van der Waals surface area contributed by atoms with E-state index in [2.05, 4.69) is 44.8 Å². The third kappa shape index (κ3) is 4.70. The van der Waals surface area contributed by atoms with Crippen LogP contribution in [-0.2, 0) is 19.5 Å². The Morgan fingerprint density at radius 2 is 1.82 bits per heavy atom. The molecule has 2 aliphatic rings. The number of aromatic nitrogens is 5. The zero-order chi connectivity index (χ0) is 18.5. The van der Waals surface area contributed by atoms with Crippen molar-refractivity contribution in [3.05, 3.63) is 30.1 Å². The maximum atomic E-state index is 4.46. The Labute approximate surface area is 182 Å². The van der Waals surface area contributed by atoms with Crippen molar-refractivity contribution in [1.82, 2.24) is 34.9 Å². The van der Waals surface area contributed by atoms with Gasteiger partial charge in [0.05, 0.1) is 6.54 Å². The first-order valence-corrected chi connectivity index (χ1v) is 9.73. The number of nitrogens with one attached hydrogen (secondary N) is 1. The molecule has 4 heterocycles. The normalized spacial score (nSPS) is 17.5. The molecule has 0 amide bonds. The number of piperazine rings is 1. The average Bonchev–Trinajstić information content (AvgIpc) is 2.96. The Kier molecular flexibility index (Phi) is 7.40. The van der Waals surface area contributed by atoms with Crippen molar-refractivity contribution in [1.29, 1.82) is 0 Å². The van der Waals surface area contributed by atoms with Gasteiger partial charge in [0.1, 0.15) is 5.82 Å². The van der Waals surface area contributed by atoms with Gasteiger partial charge in [0.25, 0.3) is 0 Å². The molecule has 2 aromatic rings. The second-order valence-corrected chi connectivity index (χ2v) is 6.92. The van der Waals surface area contributed by atoms with E-state index in [0.717, 1.165) is 62.7 Å². The lowest BCUT2D eigenvalue weighted by atomic mass is 10.2. The minimum atomic E-state index is 0. The summed E-state index contributed by atoms with van der Waals surface area (Å²) in [6, 6.07) is 1.84. The molecular weight excluding hydrogens is 469 g/mol. The van der Waals surface area contributed by atoms with Crippen molar-refractivity contribution < 1.29 is 0 Å². The van der Waals surface area contributed by atoms with E-state index in [1.807, 2.05) is 13.1 Å². The van der Waals surface area contributed by atoms with Crippen LogP contribution in [0.1, 0.15) is 30.9 Å². The Hall–Kier alpha value is -1.98. The van der Waals surface area contributed by atoms with Crippen LogP contribution in [-0.4, -0.2) is 68.8 Å². The van der Waals surface area contributed by atoms with Gasteiger partial charge >= 0.3 is 0 Å². The van der Waals surface area contributed by atoms with Gasteiger partial charge in [-0.1, -0.05) is 6.42 Å². The minimum absolute atomic E-state index is 0. The number of guanidine groups is 1. The molecule has 0 spiro atoms. The fourth-order valence-electron chi connectivity index (χ4n) is 3.74. The van der Waals surface area contributed by atoms with Crippen LogP contribution in [0.5, 0.6) is 0 Å². The smallest absolute Gasteiger partial charge is 0.225 e. The van der Waals surface area contributed by atoms with Crippen molar-refractivity contribution in [3.63, 3.8) is 0 Å². The number of rotatable bonds is 3. The van der Waals surface area contributed by atoms with E-state index >= 15 is 0 Å². The van der Waals surface area contributed by atoms with Crippen molar-refractivity contribution in [2.75, 3.05) is 38.1 Å². The van der Waals surface area contributed by atoms with E-state index in [4.69, 9.17) is 0 Å². The van der Waals surface area contributed by atoms with Crippen LogP contribution >= 0.6 is 24.0 Å². The Morgan fingerprint density at radius 3 is 2.57 bits per heavy atom. The van der Waals surface area contributed by atoms with E-state index in [0.29, 0.717) is 6.54 Å². The molecule has 0 saturated carbocycles. The molecular formula is C18H28IN9. The summed E-state index contributed by atoms with van der Waals surface area (Å²) in [6.07, 6.45) is 8.30. The Bertz CT molecular complexity index is 769. The van der Waals surface area contributed by atoms with E-state index < -0.39 is 0 Å². The topological polar surface area (TPSA) is 87.4 Å². The van der Waals surface area contributed by atoms with Crippen LogP contribution < -0.4 is 10.2 Å². The molecule has 9 nitrogen and oxygen atoms in total. The highest BCUT2D eigenvalue weighted by molar-refractivity contribution is 14.0. The number of aryl methyl sites for hydroxylation is 1. The van der Waals surface area contributed by atoms with Crippen LogP contribution in [0.3, 0.4) is 0 Å². The maximum absolute atomic E-state index is 4.46. The molecule has 0 bridgehead atoms. The molecule has 0 atom stereocenters. The van der Waals surface area contributed by atoms with Gasteiger partial charge in [0.15, 0.2) is 11.8 Å². The fraction of sp³-hybridized carbons (Fsp3) is 0.611. The fourth-order valence-corrected chi connectivity index (χ4v) is 3.74. The van der Waals surface area contributed by atoms with Gasteiger partial charge in [-0.15, -0.1) is 34.2 Å². The number of nitrogens with zero attached hydrogens (tertiary/aromatic N) is 8. The molecule has 2 aliphatic heterocycles. The van der Waals surface area contributed by atoms with E-state index in [9.17, 15) is 0 Å². The number of hydrogen-bond acceptors (Lipinski definition) is 6. The summed E-state index contributed by atoms with van der Waals surface area (Å²) in [5.74, 6) is 3.83. The van der Waals surface area contributed by atoms with Gasteiger partial charge in [-0.05, 0) is 18.9 Å². The van der Waals surface area contributed by atoms with Crippen LogP contribution in [0.4, 0.5) is 5.95 Å². The Balaban J connectivity index is 0.00000225. The van der Waals surface area contributed by atoms with Crippen LogP contribution in [0.15, 0.2) is 23.5 Å². The van der Waals surface area contributed by atoms with Crippen molar-refractivity contribution in [2.45, 2.75) is 38.8 Å². The first-order valence-electron chi connectivity index (χ1n) is 9.73. The number of aliphatic imine (C=N–C) groups is 1. The predicted molar refractivity (Wildman–Crippen MR) is 119 cm³/mol. The summed E-state index contributed by atoms with van der Waals surface area (Å²) in [5.41, 5.74) is 0. The highest BCUT2D eigenvalue weighted by Gasteiger charge is 2.22. The summed E-state index contributed by atoms with van der Waals surface area (Å²) < 4.78 is 2.28. The minimum Gasteiger partial charge on any atom is -0.349 e. The quantitative estimate of drug-likeness (QED) is 0.389. The van der Waals surface area contributed by atoms with Gasteiger partial charge in [-0.25, -0.2) is 9.97 Å². The number of anilines is 1. The summed E-state index contributed by atoms with van der Waals surface area (Å²) in [5, 5.41) is 12.2. The lowest BCUT2D eigenvalue weighted by molar-refractivity contribution is 0.369. The van der Waals surface area contributed by atoms with Crippen LogP contribution in [0.25, 0.3) is 0 Å². The zero-order valence-corrected chi connectivity index (χ0v) is 18.6. The van der Waals surface area contributed by atoms with Crippen molar-refractivity contribution in [2.24, 2.45) is 4.99 Å². The standard InChI is InChI=1S/C18H27N9.HI/c1-19-17(22-14-16-24-23-15-6-3-2-4-9-27(15)16)25-10-12-26(13-11-25)18-20-7-5-8-21-18;/h5,7-8H,2-4,6,9-14H2,1H3,(H,19,22);1H. The maximum Gasteiger partial charge on any atom is 0.225 e. The summed E-state index contributed by atoms with van der Waals surface area (Å²) in [7, 11) is 1.83. The first-order chi connectivity index (χ1) is 13.3.